The summed E-state index contributed by atoms with van der Waals surface area (Å²) < 4.78 is 19.2. The Kier molecular flexibility index (Phi) is 5.28. The lowest BCUT2D eigenvalue weighted by atomic mass is 9.98. The van der Waals surface area contributed by atoms with Crippen LogP contribution in [-0.4, -0.2) is 7.11 Å². The Morgan fingerprint density at radius 2 is 1.95 bits per heavy atom. The predicted molar refractivity (Wildman–Crippen MR) is 88.9 cm³/mol. The van der Waals surface area contributed by atoms with Crippen molar-refractivity contribution in [3.05, 3.63) is 62.9 Å². The topological polar surface area (TPSA) is 9.23 Å². The van der Waals surface area contributed by atoms with E-state index in [0.29, 0.717) is 16.6 Å². The molecule has 0 fully saturated rings. The number of ether oxygens (including phenoxy) is 1. The molecule has 21 heavy (non-hydrogen) atoms. The fraction of sp³-hybridized carbons (Fsp3) is 0.294. The molecule has 112 valence electrons. The van der Waals surface area contributed by atoms with Gasteiger partial charge in [0.1, 0.15) is 11.6 Å². The number of aryl methyl sites for hydroxylation is 2. The fourth-order valence-corrected chi connectivity index (χ4v) is 2.99. The molecule has 2 rings (SSSR count). The van der Waals surface area contributed by atoms with E-state index in [4.69, 9.17) is 16.3 Å². The van der Waals surface area contributed by atoms with Gasteiger partial charge in [0, 0.05) is 11.6 Å². The first-order chi connectivity index (χ1) is 9.92. The van der Waals surface area contributed by atoms with Gasteiger partial charge < -0.3 is 4.74 Å². The van der Waals surface area contributed by atoms with Gasteiger partial charge in [0.2, 0.25) is 0 Å². The molecule has 2 aromatic rings. The van der Waals surface area contributed by atoms with Crippen molar-refractivity contribution in [2.75, 3.05) is 7.11 Å². The Hall–Kier alpha value is -1.06. The Morgan fingerprint density at radius 3 is 2.62 bits per heavy atom. The molecule has 0 saturated carbocycles. The number of hydrogen-bond donors (Lipinski definition) is 0. The minimum atomic E-state index is -0.355. The third kappa shape index (κ3) is 3.78. The van der Waals surface area contributed by atoms with Crippen molar-refractivity contribution in [1.29, 1.82) is 0 Å². The standard InChI is InChI=1S/C17H17BrClFO/c1-10-4-5-11(2)12(6-10)7-15(19)13-8-14(18)16(20)9-17(13)21-3/h4-6,8-9,15H,7H2,1-3H3. The molecule has 0 aliphatic heterocycles. The molecular formula is C17H17BrClFO. The maximum absolute atomic E-state index is 13.6. The van der Waals surface area contributed by atoms with E-state index >= 15 is 0 Å². The van der Waals surface area contributed by atoms with Crippen LogP contribution >= 0.6 is 27.5 Å². The minimum absolute atomic E-state index is 0.280. The van der Waals surface area contributed by atoms with Crippen LogP contribution in [0.1, 0.15) is 27.6 Å². The van der Waals surface area contributed by atoms with Crippen LogP contribution in [0.2, 0.25) is 0 Å². The van der Waals surface area contributed by atoms with Gasteiger partial charge in [-0.25, -0.2) is 4.39 Å². The summed E-state index contributed by atoms with van der Waals surface area (Å²) in [6.45, 7) is 4.12. The third-order valence-corrected chi connectivity index (χ3v) is 4.51. The summed E-state index contributed by atoms with van der Waals surface area (Å²) in [4.78, 5) is 0. The maximum atomic E-state index is 13.6. The van der Waals surface area contributed by atoms with Gasteiger partial charge >= 0.3 is 0 Å². The fourth-order valence-electron chi connectivity index (χ4n) is 2.29. The molecule has 0 bridgehead atoms. The van der Waals surface area contributed by atoms with Gasteiger partial charge in [-0.15, -0.1) is 11.6 Å². The van der Waals surface area contributed by atoms with E-state index in [1.165, 1.54) is 29.9 Å². The number of halogens is 3. The van der Waals surface area contributed by atoms with Crippen molar-refractivity contribution in [2.24, 2.45) is 0 Å². The normalized spacial score (nSPS) is 12.3. The molecule has 0 saturated heterocycles. The van der Waals surface area contributed by atoms with Gasteiger partial charge in [-0.1, -0.05) is 23.8 Å². The van der Waals surface area contributed by atoms with Crippen molar-refractivity contribution in [3.63, 3.8) is 0 Å². The van der Waals surface area contributed by atoms with Crippen LogP contribution in [0, 0.1) is 19.7 Å². The lowest BCUT2D eigenvalue weighted by Crippen LogP contribution is -2.02. The zero-order valence-corrected chi connectivity index (χ0v) is 14.6. The second-order valence-electron chi connectivity index (χ2n) is 5.11. The van der Waals surface area contributed by atoms with Gasteiger partial charge in [-0.05, 0) is 53.4 Å². The molecule has 1 atom stereocenters. The van der Waals surface area contributed by atoms with Crippen LogP contribution < -0.4 is 4.74 Å². The Labute approximate surface area is 138 Å². The lowest BCUT2D eigenvalue weighted by Gasteiger charge is -2.16. The van der Waals surface area contributed by atoms with Crippen LogP contribution in [0.15, 0.2) is 34.8 Å². The summed E-state index contributed by atoms with van der Waals surface area (Å²) in [5.74, 6) is 0.118. The molecule has 0 radical (unpaired) electrons. The van der Waals surface area contributed by atoms with Crippen LogP contribution in [0.3, 0.4) is 0 Å². The Bertz CT molecular complexity index is 657. The zero-order valence-electron chi connectivity index (χ0n) is 12.2. The zero-order chi connectivity index (χ0) is 15.6. The first-order valence-electron chi connectivity index (χ1n) is 6.65. The number of rotatable bonds is 4. The molecule has 0 aliphatic carbocycles. The Morgan fingerprint density at radius 1 is 1.24 bits per heavy atom. The first-order valence-corrected chi connectivity index (χ1v) is 7.88. The monoisotopic (exact) mass is 370 g/mol. The number of methoxy groups -OCH3 is 1. The molecule has 0 aliphatic rings. The second-order valence-corrected chi connectivity index (χ2v) is 6.49. The molecule has 0 aromatic heterocycles. The van der Waals surface area contributed by atoms with Crippen LogP contribution in [0.4, 0.5) is 4.39 Å². The highest BCUT2D eigenvalue weighted by Gasteiger charge is 2.18. The van der Waals surface area contributed by atoms with Crippen molar-refractivity contribution >= 4 is 27.5 Å². The lowest BCUT2D eigenvalue weighted by molar-refractivity contribution is 0.405. The van der Waals surface area contributed by atoms with E-state index in [-0.39, 0.29) is 11.2 Å². The molecule has 0 spiro atoms. The SMILES string of the molecule is COc1cc(F)c(Br)cc1C(Cl)Cc1cc(C)ccc1C. The van der Waals surface area contributed by atoms with Gasteiger partial charge in [0.15, 0.2) is 0 Å². The van der Waals surface area contributed by atoms with E-state index in [1.54, 1.807) is 6.07 Å². The first kappa shape index (κ1) is 16.3. The summed E-state index contributed by atoms with van der Waals surface area (Å²) in [6.07, 6.45) is 0.670. The largest absolute Gasteiger partial charge is 0.496 e. The van der Waals surface area contributed by atoms with E-state index in [1.807, 2.05) is 0 Å². The van der Waals surface area contributed by atoms with Crippen LogP contribution in [0.5, 0.6) is 5.75 Å². The molecule has 2 aromatic carbocycles. The summed E-state index contributed by atoms with van der Waals surface area (Å²) in [7, 11) is 1.52. The second kappa shape index (κ2) is 6.80. The van der Waals surface area contributed by atoms with Gasteiger partial charge in [-0.3, -0.25) is 0 Å². The molecule has 1 unspecified atom stereocenters. The highest BCUT2D eigenvalue weighted by atomic mass is 79.9. The van der Waals surface area contributed by atoms with Crippen molar-refractivity contribution in [3.8, 4) is 5.75 Å². The molecule has 0 amide bonds. The minimum Gasteiger partial charge on any atom is -0.496 e. The van der Waals surface area contributed by atoms with E-state index in [0.717, 1.165) is 5.56 Å². The van der Waals surface area contributed by atoms with Gasteiger partial charge in [-0.2, -0.15) is 0 Å². The Balaban J connectivity index is 2.34. The molecule has 4 heteroatoms. The summed E-state index contributed by atoms with van der Waals surface area (Å²) in [5.41, 5.74) is 4.38. The van der Waals surface area contributed by atoms with Gasteiger partial charge in [0.25, 0.3) is 0 Å². The number of benzene rings is 2. The summed E-state index contributed by atoms with van der Waals surface area (Å²) >= 11 is 9.75. The quantitative estimate of drug-likeness (QED) is 0.623. The van der Waals surface area contributed by atoms with Crippen LogP contribution in [0.25, 0.3) is 0 Å². The van der Waals surface area contributed by atoms with Crippen molar-refractivity contribution < 1.29 is 9.13 Å². The van der Waals surface area contributed by atoms with E-state index in [2.05, 4.69) is 48.0 Å². The average Bonchev–Trinajstić information content (AvgIpc) is 2.45. The highest BCUT2D eigenvalue weighted by molar-refractivity contribution is 9.10. The number of alkyl halides is 1. The van der Waals surface area contributed by atoms with E-state index in [9.17, 15) is 4.39 Å². The average molecular weight is 372 g/mol. The molecular weight excluding hydrogens is 355 g/mol. The van der Waals surface area contributed by atoms with Crippen LogP contribution in [-0.2, 0) is 6.42 Å². The van der Waals surface area contributed by atoms with Crippen molar-refractivity contribution in [1.82, 2.24) is 0 Å². The van der Waals surface area contributed by atoms with Gasteiger partial charge in [0.05, 0.1) is 17.0 Å². The summed E-state index contributed by atoms with van der Waals surface area (Å²) in [5, 5.41) is -0.280. The number of hydrogen-bond acceptors (Lipinski definition) is 1. The van der Waals surface area contributed by atoms with E-state index < -0.39 is 0 Å². The molecule has 1 nitrogen and oxygen atoms in total. The van der Waals surface area contributed by atoms with Crippen molar-refractivity contribution in [2.45, 2.75) is 25.6 Å². The maximum Gasteiger partial charge on any atom is 0.141 e. The third-order valence-electron chi connectivity index (χ3n) is 3.51. The molecule has 0 N–H and O–H groups in total. The molecule has 0 heterocycles. The predicted octanol–water partition coefficient (Wildman–Crippen LogP) is 5.74. The smallest absolute Gasteiger partial charge is 0.141 e. The highest BCUT2D eigenvalue weighted by Crippen LogP contribution is 2.36. The summed E-state index contributed by atoms with van der Waals surface area (Å²) in [6, 6.07) is 9.36.